The van der Waals surface area contributed by atoms with Gasteiger partial charge in [0.1, 0.15) is 18.4 Å². The first-order chi connectivity index (χ1) is 16.2. The fourth-order valence-corrected chi connectivity index (χ4v) is 2.48. The summed E-state index contributed by atoms with van der Waals surface area (Å²) in [6.07, 6.45) is -5.65. The molecular formula is C22H28F3N3O6. The zero-order valence-corrected chi connectivity index (χ0v) is 18.3. The van der Waals surface area contributed by atoms with E-state index in [9.17, 15) is 22.8 Å². The number of nitrogens with one attached hydrogen (secondary N) is 2. The van der Waals surface area contributed by atoms with E-state index < -0.39 is 30.2 Å². The predicted octanol–water partition coefficient (Wildman–Crippen LogP) is 1.47. The molecule has 0 heterocycles. The van der Waals surface area contributed by atoms with Gasteiger partial charge in [0.2, 0.25) is 5.91 Å². The summed E-state index contributed by atoms with van der Waals surface area (Å²) in [4.78, 5) is 24.4. The maximum atomic E-state index is 12.3. The van der Waals surface area contributed by atoms with Crippen LogP contribution in [0.15, 0.2) is 54.6 Å². The van der Waals surface area contributed by atoms with Crippen LogP contribution in [0.4, 0.5) is 18.0 Å². The second-order valence-electron chi connectivity index (χ2n) is 6.68. The van der Waals surface area contributed by atoms with Gasteiger partial charge in [-0.1, -0.05) is 42.5 Å². The number of nitrogens with two attached hydrogens (primary N) is 1. The first-order valence-corrected chi connectivity index (χ1v) is 10.2. The summed E-state index contributed by atoms with van der Waals surface area (Å²) in [5.74, 6) is -0.973. The molecule has 2 amide bonds. The largest absolute Gasteiger partial charge is 0.573 e. The average molecular weight is 487 g/mol. The Labute approximate surface area is 194 Å². The van der Waals surface area contributed by atoms with Gasteiger partial charge in [-0.25, -0.2) is 4.79 Å². The van der Waals surface area contributed by atoms with Crippen molar-refractivity contribution in [2.75, 3.05) is 26.3 Å². The van der Waals surface area contributed by atoms with Gasteiger partial charge in [0.25, 0.3) is 0 Å². The third-order valence-electron chi connectivity index (χ3n) is 3.96. The van der Waals surface area contributed by atoms with Crippen molar-refractivity contribution in [1.29, 1.82) is 0 Å². The minimum atomic E-state index is -4.81. The van der Waals surface area contributed by atoms with Crippen molar-refractivity contribution < 1.29 is 42.4 Å². The second-order valence-corrected chi connectivity index (χ2v) is 6.68. The normalized spacial score (nSPS) is 11.5. The quantitative estimate of drug-likeness (QED) is 0.342. The molecule has 0 aliphatic carbocycles. The second kappa shape index (κ2) is 15.5. The van der Waals surface area contributed by atoms with Crippen molar-refractivity contribution in [3.8, 4) is 5.75 Å². The molecule has 0 unspecified atom stereocenters. The standard InChI is InChI=1S/C20H21F3N2O5.C2H7NO/c21-20(22,23)30-16-8-6-14(7-9-16)12-17(18(27)24-10-11-26)25-19(28)29-13-15-4-2-1-3-5-15;3-1-2-4/h1-9,17,26H,10-13H2,(H,24,27)(H,25,28);4H,1-3H2/t17-;/m0./s1. The Morgan fingerprint density at radius 3 is 2.12 bits per heavy atom. The van der Waals surface area contributed by atoms with Crippen molar-refractivity contribution in [3.63, 3.8) is 0 Å². The molecule has 2 aromatic rings. The first kappa shape index (κ1) is 28.7. The van der Waals surface area contributed by atoms with Gasteiger partial charge >= 0.3 is 12.5 Å². The number of alkyl halides is 3. The lowest BCUT2D eigenvalue weighted by Gasteiger charge is -2.18. The van der Waals surface area contributed by atoms with Gasteiger partial charge < -0.3 is 36.1 Å². The summed E-state index contributed by atoms with van der Waals surface area (Å²) in [5, 5.41) is 21.5. The summed E-state index contributed by atoms with van der Waals surface area (Å²) in [5.41, 5.74) is 6.02. The minimum Gasteiger partial charge on any atom is -0.445 e. The van der Waals surface area contributed by atoms with Crippen LogP contribution in [0.1, 0.15) is 11.1 Å². The van der Waals surface area contributed by atoms with E-state index in [4.69, 9.17) is 20.7 Å². The highest BCUT2D eigenvalue weighted by Gasteiger charge is 2.31. The number of aliphatic hydroxyl groups excluding tert-OH is 2. The van der Waals surface area contributed by atoms with Gasteiger partial charge in [-0.15, -0.1) is 13.2 Å². The number of hydrogen-bond donors (Lipinski definition) is 5. The van der Waals surface area contributed by atoms with Crippen LogP contribution in [0.5, 0.6) is 5.75 Å². The molecule has 9 nitrogen and oxygen atoms in total. The van der Waals surface area contributed by atoms with E-state index >= 15 is 0 Å². The summed E-state index contributed by atoms with van der Waals surface area (Å²) in [6, 6.07) is 12.8. The Kier molecular flexibility index (Phi) is 13.1. The Hall–Kier alpha value is -3.35. The van der Waals surface area contributed by atoms with Crippen molar-refractivity contribution in [2.45, 2.75) is 25.4 Å². The van der Waals surface area contributed by atoms with Gasteiger partial charge in [-0.05, 0) is 23.3 Å². The highest BCUT2D eigenvalue weighted by atomic mass is 19.4. The molecule has 0 fully saturated rings. The van der Waals surface area contributed by atoms with Crippen LogP contribution in [-0.2, 0) is 22.6 Å². The summed E-state index contributed by atoms with van der Waals surface area (Å²) < 4.78 is 45.7. The van der Waals surface area contributed by atoms with Gasteiger partial charge in [0, 0.05) is 19.5 Å². The van der Waals surface area contributed by atoms with Crippen molar-refractivity contribution in [2.24, 2.45) is 5.73 Å². The third kappa shape index (κ3) is 12.6. The predicted molar refractivity (Wildman–Crippen MR) is 117 cm³/mol. The fraction of sp³-hybridized carbons (Fsp3) is 0.364. The van der Waals surface area contributed by atoms with Crippen molar-refractivity contribution in [3.05, 3.63) is 65.7 Å². The maximum absolute atomic E-state index is 12.3. The number of carbonyl (C=O) groups is 2. The fourth-order valence-electron chi connectivity index (χ4n) is 2.48. The molecule has 6 N–H and O–H groups in total. The number of ether oxygens (including phenoxy) is 2. The molecule has 2 rings (SSSR count). The Morgan fingerprint density at radius 2 is 1.59 bits per heavy atom. The molecule has 2 aromatic carbocycles. The van der Waals surface area contributed by atoms with E-state index in [1.54, 1.807) is 24.3 Å². The Morgan fingerprint density at radius 1 is 0.971 bits per heavy atom. The first-order valence-electron chi connectivity index (χ1n) is 10.2. The SMILES string of the molecule is NCCO.O=C(N[C@@H](Cc1ccc(OC(F)(F)F)cc1)C(=O)NCCO)OCc1ccccc1. The molecule has 0 bridgehead atoms. The number of benzene rings is 2. The molecule has 34 heavy (non-hydrogen) atoms. The van der Waals surface area contributed by atoms with Crippen LogP contribution in [0.2, 0.25) is 0 Å². The smallest absolute Gasteiger partial charge is 0.445 e. The highest BCUT2D eigenvalue weighted by Crippen LogP contribution is 2.23. The van der Waals surface area contributed by atoms with Crippen LogP contribution in [0, 0.1) is 0 Å². The molecule has 0 saturated heterocycles. The highest BCUT2D eigenvalue weighted by molar-refractivity contribution is 5.85. The summed E-state index contributed by atoms with van der Waals surface area (Å²) in [7, 11) is 0. The molecule has 12 heteroatoms. The number of alkyl carbamates (subject to hydrolysis) is 1. The number of rotatable bonds is 10. The Balaban J connectivity index is 0.00000133. The summed E-state index contributed by atoms with van der Waals surface area (Å²) in [6.45, 7) is 0.163. The molecular weight excluding hydrogens is 459 g/mol. The third-order valence-corrected chi connectivity index (χ3v) is 3.96. The van der Waals surface area contributed by atoms with Crippen molar-refractivity contribution >= 4 is 12.0 Å². The van der Waals surface area contributed by atoms with E-state index in [1.807, 2.05) is 6.07 Å². The molecule has 0 radical (unpaired) electrons. The van der Waals surface area contributed by atoms with Crippen LogP contribution >= 0.6 is 0 Å². The van der Waals surface area contributed by atoms with E-state index in [2.05, 4.69) is 15.4 Å². The molecule has 0 aliphatic heterocycles. The monoisotopic (exact) mass is 487 g/mol. The lowest BCUT2D eigenvalue weighted by atomic mass is 10.1. The van der Waals surface area contributed by atoms with E-state index in [0.717, 1.165) is 17.7 Å². The Bertz CT molecular complexity index is 849. The van der Waals surface area contributed by atoms with Gasteiger partial charge in [0.15, 0.2) is 0 Å². The number of halogens is 3. The minimum absolute atomic E-state index is 0.00112. The van der Waals surface area contributed by atoms with Crippen LogP contribution < -0.4 is 21.1 Å². The molecule has 1 atom stereocenters. The van der Waals surface area contributed by atoms with Gasteiger partial charge in [0.05, 0.1) is 13.2 Å². The molecule has 188 valence electrons. The van der Waals surface area contributed by atoms with E-state index in [-0.39, 0.29) is 32.8 Å². The lowest BCUT2D eigenvalue weighted by Crippen LogP contribution is -2.48. The summed E-state index contributed by atoms with van der Waals surface area (Å²) >= 11 is 0. The van der Waals surface area contributed by atoms with Crippen molar-refractivity contribution in [1.82, 2.24) is 10.6 Å². The van der Waals surface area contributed by atoms with Gasteiger partial charge in [-0.3, -0.25) is 4.79 Å². The average Bonchev–Trinajstić information content (AvgIpc) is 2.82. The molecule has 0 aliphatic rings. The molecule has 0 aromatic heterocycles. The maximum Gasteiger partial charge on any atom is 0.573 e. The zero-order valence-electron chi connectivity index (χ0n) is 18.3. The topological polar surface area (TPSA) is 143 Å². The zero-order chi connectivity index (χ0) is 25.4. The molecule has 0 spiro atoms. The number of carbonyl (C=O) groups excluding carboxylic acids is 2. The van der Waals surface area contributed by atoms with E-state index in [0.29, 0.717) is 12.1 Å². The van der Waals surface area contributed by atoms with Gasteiger partial charge in [-0.2, -0.15) is 0 Å². The number of amides is 2. The molecule has 0 saturated carbocycles. The van der Waals surface area contributed by atoms with E-state index in [1.165, 1.54) is 12.1 Å². The van der Waals surface area contributed by atoms with Crippen LogP contribution in [0.3, 0.4) is 0 Å². The number of aliphatic hydroxyl groups is 2. The number of hydrogen-bond acceptors (Lipinski definition) is 7. The van der Waals surface area contributed by atoms with Crippen LogP contribution in [-0.4, -0.2) is 60.9 Å². The van der Waals surface area contributed by atoms with Crippen LogP contribution in [0.25, 0.3) is 0 Å². The lowest BCUT2D eigenvalue weighted by molar-refractivity contribution is -0.274.